The Morgan fingerprint density at radius 2 is 2.21 bits per heavy atom. The molecule has 0 bridgehead atoms. The highest BCUT2D eigenvalue weighted by molar-refractivity contribution is 7.89. The normalized spacial score (nSPS) is 18.4. The number of hydrogen-bond donors (Lipinski definition) is 1. The van der Waals surface area contributed by atoms with Crippen LogP contribution < -0.4 is 4.74 Å². The van der Waals surface area contributed by atoms with E-state index in [2.05, 4.69) is 0 Å². The van der Waals surface area contributed by atoms with Crippen LogP contribution in [0.25, 0.3) is 0 Å². The Balaban J connectivity index is 2.25. The van der Waals surface area contributed by atoms with Gasteiger partial charge in [0.25, 0.3) is 0 Å². The summed E-state index contributed by atoms with van der Waals surface area (Å²) in [7, 11) is -1.77. The van der Waals surface area contributed by atoms with Crippen molar-refractivity contribution in [3.8, 4) is 5.75 Å². The third-order valence-electron chi connectivity index (χ3n) is 3.06. The van der Waals surface area contributed by atoms with E-state index < -0.39 is 16.0 Å². The second-order valence-corrected chi connectivity index (χ2v) is 6.43. The molecule has 1 aliphatic rings. The Hall–Kier alpha value is -1.60. The standard InChI is InChI=1S/C12H15NO5S/c1-18-11-7-9(3-4-10(11)12(14)15)8-13-5-2-6-19(13,16)17/h3-4,7H,2,5-6,8H2,1H3,(H,14,15). The number of rotatable bonds is 4. The maximum Gasteiger partial charge on any atom is 0.339 e. The molecular weight excluding hydrogens is 270 g/mol. The van der Waals surface area contributed by atoms with Crippen molar-refractivity contribution in [2.75, 3.05) is 19.4 Å². The SMILES string of the molecule is COc1cc(CN2CCCS2(=O)=O)ccc1C(=O)O. The van der Waals surface area contributed by atoms with Gasteiger partial charge in [-0.1, -0.05) is 6.07 Å². The fourth-order valence-electron chi connectivity index (χ4n) is 2.08. The Morgan fingerprint density at radius 1 is 1.47 bits per heavy atom. The van der Waals surface area contributed by atoms with Crippen molar-refractivity contribution in [3.05, 3.63) is 29.3 Å². The van der Waals surface area contributed by atoms with E-state index in [-0.39, 0.29) is 23.6 Å². The molecule has 6 nitrogen and oxygen atoms in total. The summed E-state index contributed by atoms with van der Waals surface area (Å²) >= 11 is 0. The molecule has 1 fully saturated rings. The Kier molecular flexibility index (Phi) is 3.77. The Morgan fingerprint density at radius 3 is 2.74 bits per heavy atom. The van der Waals surface area contributed by atoms with Crippen LogP contribution >= 0.6 is 0 Å². The number of benzene rings is 1. The first-order valence-electron chi connectivity index (χ1n) is 5.82. The lowest BCUT2D eigenvalue weighted by Crippen LogP contribution is -2.25. The number of sulfonamides is 1. The van der Waals surface area contributed by atoms with Crippen LogP contribution in [0.3, 0.4) is 0 Å². The average Bonchev–Trinajstić information content (AvgIpc) is 2.68. The summed E-state index contributed by atoms with van der Waals surface area (Å²) < 4.78 is 29.8. The van der Waals surface area contributed by atoms with E-state index in [0.29, 0.717) is 18.5 Å². The molecule has 7 heteroatoms. The van der Waals surface area contributed by atoms with Gasteiger partial charge in [-0.2, -0.15) is 4.31 Å². The highest BCUT2D eigenvalue weighted by Gasteiger charge is 2.28. The van der Waals surface area contributed by atoms with Gasteiger partial charge in [-0.25, -0.2) is 13.2 Å². The highest BCUT2D eigenvalue weighted by atomic mass is 32.2. The zero-order chi connectivity index (χ0) is 14.0. The second-order valence-electron chi connectivity index (χ2n) is 4.34. The van der Waals surface area contributed by atoms with Gasteiger partial charge < -0.3 is 9.84 Å². The number of carboxylic acid groups (broad SMARTS) is 1. The molecule has 0 saturated carbocycles. The van der Waals surface area contributed by atoms with E-state index in [1.54, 1.807) is 12.1 Å². The molecular formula is C12H15NO5S. The third kappa shape index (κ3) is 2.87. The maximum absolute atomic E-state index is 11.7. The van der Waals surface area contributed by atoms with E-state index in [0.717, 1.165) is 0 Å². The zero-order valence-corrected chi connectivity index (χ0v) is 11.3. The van der Waals surface area contributed by atoms with Crippen LogP contribution in [-0.2, 0) is 16.6 Å². The molecule has 19 heavy (non-hydrogen) atoms. The minimum absolute atomic E-state index is 0.0653. The first kappa shape index (κ1) is 13.8. The topological polar surface area (TPSA) is 83.9 Å². The van der Waals surface area contributed by atoms with Gasteiger partial charge in [-0.05, 0) is 24.1 Å². The smallest absolute Gasteiger partial charge is 0.339 e. The van der Waals surface area contributed by atoms with Crippen molar-refractivity contribution < 1.29 is 23.1 Å². The quantitative estimate of drug-likeness (QED) is 0.889. The van der Waals surface area contributed by atoms with Crippen molar-refractivity contribution >= 4 is 16.0 Å². The molecule has 0 aliphatic carbocycles. The fourth-order valence-corrected chi connectivity index (χ4v) is 3.59. The monoisotopic (exact) mass is 285 g/mol. The van der Waals surface area contributed by atoms with Crippen LogP contribution in [0.1, 0.15) is 22.3 Å². The first-order valence-corrected chi connectivity index (χ1v) is 7.43. The summed E-state index contributed by atoms with van der Waals surface area (Å²) in [4.78, 5) is 11.0. The van der Waals surface area contributed by atoms with Crippen molar-refractivity contribution in [1.82, 2.24) is 4.31 Å². The highest BCUT2D eigenvalue weighted by Crippen LogP contribution is 2.23. The number of hydrogen-bond acceptors (Lipinski definition) is 4. The molecule has 1 aromatic carbocycles. The van der Waals surface area contributed by atoms with Crippen LogP contribution in [0.5, 0.6) is 5.75 Å². The third-order valence-corrected chi connectivity index (χ3v) is 4.96. The maximum atomic E-state index is 11.7. The summed E-state index contributed by atoms with van der Waals surface area (Å²) in [6.45, 7) is 0.754. The predicted molar refractivity (Wildman–Crippen MR) is 68.8 cm³/mol. The van der Waals surface area contributed by atoms with Gasteiger partial charge >= 0.3 is 5.97 Å². The van der Waals surface area contributed by atoms with E-state index in [1.807, 2.05) is 0 Å². The van der Waals surface area contributed by atoms with Crippen molar-refractivity contribution in [2.45, 2.75) is 13.0 Å². The van der Waals surface area contributed by atoms with Gasteiger partial charge in [-0.15, -0.1) is 0 Å². The average molecular weight is 285 g/mol. The van der Waals surface area contributed by atoms with Crippen LogP contribution in [0.4, 0.5) is 0 Å². The van der Waals surface area contributed by atoms with Crippen molar-refractivity contribution in [3.63, 3.8) is 0 Å². The molecule has 1 N–H and O–H groups in total. The fraction of sp³-hybridized carbons (Fsp3) is 0.417. The summed E-state index contributed by atoms with van der Waals surface area (Å²) in [6, 6.07) is 4.61. The Bertz CT molecular complexity index is 596. The van der Waals surface area contributed by atoms with Crippen LogP contribution in [-0.4, -0.2) is 43.2 Å². The van der Waals surface area contributed by atoms with Gasteiger partial charge in [-0.3, -0.25) is 0 Å². The number of carbonyl (C=O) groups is 1. The number of ether oxygens (including phenoxy) is 1. The van der Waals surface area contributed by atoms with Gasteiger partial charge in [0.15, 0.2) is 0 Å². The van der Waals surface area contributed by atoms with Gasteiger partial charge in [0, 0.05) is 13.1 Å². The summed E-state index contributed by atoms with van der Waals surface area (Å²) in [5, 5.41) is 8.97. The lowest BCUT2D eigenvalue weighted by Gasteiger charge is -2.15. The minimum atomic E-state index is -3.16. The molecule has 0 spiro atoms. The molecule has 0 atom stereocenters. The van der Waals surface area contributed by atoms with Crippen LogP contribution in [0.15, 0.2) is 18.2 Å². The predicted octanol–water partition coefficient (Wildman–Crippen LogP) is 0.929. The minimum Gasteiger partial charge on any atom is -0.496 e. The van der Waals surface area contributed by atoms with E-state index in [4.69, 9.17) is 9.84 Å². The van der Waals surface area contributed by atoms with Gasteiger partial charge in [0.1, 0.15) is 11.3 Å². The van der Waals surface area contributed by atoms with Crippen LogP contribution in [0, 0.1) is 0 Å². The largest absolute Gasteiger partial charge is 0.496 e. The number of methoxy groups -OCH3 is 1. The molecule has 0 unspecified atom stereocenters. The van der Waals surface area contributed by atoms with Gasteiger partial charge in [0.05, 0.1) is 12.9 Å². The molecule has 104 valence electrons. The van der Waals surface area contributed by atoms with Gasteiger partial charge in [0.2, 0.25) is 10.0 Å². The molecule has 0 aromatic heterocycles. The molecule has 1 heterocycles. The van der Waals surface area contributed by atoms with Crippen LogP contribution in [0.2, 0.25) is 0 Å². The number of carboxylic acids is 1. The summed E-state index contributed by atoms with van der Waals surface area (Å²) in [5.74, 6) is -0.657. The molecule has 1 saturated heterocycles. The molecule has 1 aliphatic heterocycles. The number of aromatic carboxylic acids is 1. The first-order chi connectivity index (χ1) is 8.94. The molecule has 1 aromatic rings. The van der Waals surface area contributed by atoms with Crippen molar-refractivity contribution in [1.29, 1.82) is 0 Å². The van der Waals surface area contributed by atoms with Crippen molar-refractivity contribution in [2.24, 2.45) is 0 Å². The summed E-state index contributed by atoms with van der Waals surface area (Å²) in [6.07, 6.45) is 0.632. The van der Waals surface area contributed by atoms with E-state index >= 15 is 0 Å². The number of nitrogens with zero attached hydrogens (tertiary/aromatic N) is 1. The second kappa shape index (κ2) is 5.18. The molecule has 0 radical (unpaired) electrons. The lowest BCUT2D eigenvalue weighted by molar-refractivity contribution is 0.0693. The lowest BCUT2D eigenvalue weighted by atomic mass is 10.1. The van der Waals surface area contributed by atoms with E-state index in [9.17, 15) is 13.2 Å². The molecule has 0 amide bonds. The zero-order valence-electron chi connectivity index (χ0n) is 10.5. The Labute approximate surface area is 111 Å². The summed E-state index contributed by atoms with van der Waals surface area (Å²) in [5.41, 5.74) is 0.780. The molecule has 2 rings (SSSR count). The van der Waals surface area contributed by atoms with E-state index in [1.165, 1.54) is 17.5 Å².